The summed E-state index contributed by atoms with van der Waals surface area (Å²) >= 11 is 0. The largest absolute Gasteiger partial charge is 0.349 e. The zero-order valence-electron chi connectivity index (χ0n) is 17.4. The Bertz CT molecular complexity index is 1280. The highest BCUT2D eigenvalue weighted by molar-refractivity contribution is 6.67. The van der Waals surface area contributed by atoms with Crippen molar-refractivity contribution < 1.29 is 31.4 Å². The Morgan fingerprint density at radius 1 is 0.882 bits per heavy atom. The Kier molecular flexibility index (Phi) is 6.83. The number of benzene rings is 3. The van der Waals surface area contributed by atoms with Crippen molar-refractivity contribution in [3.8, 4) is 17.2 Å². The molecule has 34 heavy (non-hydrogen) atoms. The van der Waals surface area contributed by atoms with Crippen LogP contribution in [0.2, 0.25) is 5.82 Å². The smallest absolute Gasteiger partial charge is 0.199 e. The zero-order valence-corrected chi connectivity index (χ0v) is 17.4. The Labute approximate surface area is 195 Å². The number of ether oxygens (including phenoxy) is 2. The quantitative estimate of drug-likeness (QED) is 0.442. The number of hydrogen-bond acceptors (Lipinski definition) is 3. The van der Waals surface area contributed by atoms with Crippen LogP contribution in [0.3, 0.4) is 0 Å². The van der Waals surface area contributed by atoms with Gasteiger partial charge in [-0.05, 0) is 41.1 Å². The molecule has 11 heteroatoms. The van der Waals surface area contributed by atoms with Crippen LogP contribution in [0.15, 0.2) is 36.4 Å². The van der Waals surface area contributed by atoms with Gasteiger partial charge >= 0.3 is 0 Å². The van der Waals surface area contributed by atoms with Crippen molar-refractivity contribution in [3.63, 3.8) is 0 Å². The van der Waals surface area contributed by atoms with E-state index in [0.29, 0.717) is 0 Å². The molecule has 0 atom stereocenters. The van der Waals surface area contributed by atoms with Crippen LogP contribution in [0.1, 0.15) is 17.4 Å². The molecule has 0 aromatic heterocycles. The molecule has 1 saturated heterocycles. The number of halogens is 5. The van der Waals surface area contributed by atoms with Gasteiger partial charge in [-0.25, -0.2) is 22.0 Å². The molecule has 165 valence electrons. The first kappa shape index (κ1) is 24.1. The lowest BCUT2D eigenvalue weighted by Crippen LogP contribution is -2.33. The minimum absolute atomic E-state index is 0.0797. The van der Waals surface area contributed by atoms with Crippen LogP contribution in [0.4, 0.5) is 22.0 Å². The molecule has 1 heterocycles. The summed E-state index contributed by atoms with van der Waals surface area (Å²) in [5.74, 6) is -5.63. The molecule has 1 fully saturated rings. The van der Waals surface area contributed by atoms with E-state index in [-0.39, 0.29) is 41.2 Å². The molecule has 4 rings (SSSR count). The van der Waals surface area contributed by atoms with Gasteiger partial charge in [-0.15, -0.1) is 0 Å². The van der Waals surface area contributed by atoms with E-state index >= 15 is 0 Å². The van der Waals surface area contributed by atoms with Crippen molar-refractivity contribution in [2.24, 2.45) is 0 Å². The van der Waals surface area contributed by atoms with E-state index in [1.54, 1.807) is 0 Å². The maximum atomic E-state index is 14.8. The summed E-state index contributed by atoms with van der Waals surface area (Å²) in [6.07, 6.45) is -0.965. The van der Waals surface area contributed by atoms with Crippen molar-refractivity contribution >= 4 is 39.4 Å². The number of nitrogens with zero attached hydrogens (tertiary/aromatic N) is 1. The highest BCUT2D eigenvalue weighted by Crippen LogP contribution is 2.27. The molecular weight excluding hydrogens is 450 g/mol. The number of nitriles is 1. The van der Waals surface area contributed by atoms with Gasteiger partial charge in [0.05, 0.1) is 7.85 Å². The monoisotopic (exact) mass is 462 g/mol. The SMILES string of the molecule is [B]c1c(-c2ccc([B]c3c(F)cc(C4OCC([B])CO4)cc3F)cc2F)cc(F)c(C#N)c1F. The van der Waals surface area contributed by atoms with Crippen molar-refractivity contribution in [3.05, 3.63) is 76.6 Å². The topological polar surface area (TPSA) is 42.2 Å². The average Bonchev–Trinajstić information content (AvgIpc) is 2.80. The minimum atomic E-state index is -1.30. The highest BCUT2D eigenvalue weighted by Gasteiger charge is 2.24. The molecule has 0 bridgehead atoms. The third-order valence-electron chi connectivity index (χ3n) is 5.26. The molecule has 1 aliphatic rings. The van der Waals surface area contributed by atoms with Crippen molar-refractivity contribution in [1.82, 2.24) is 0 Å². The van der Waals surface area contributed by atoms with E-state index in [1.165, 1.54) is 12.1 Å². The van der Waals surface area contributed by atoms with Crippen molar-refractivity contribution in [2.45, 2.75) is 12.1 Å². The Morgan fingerprint density at radius 2 is 1.53 bits per heavy atom. The van der Waals surface area contributed by atoms with E-state index in [9.17, 15) is 22.0 Å². The molecule has 1 aliphatic heterocycles. The molecule has 0 amide bonds. The summed E-state index contributed by atoms with van der Waals surface area (Å²) in [4.78, 5) is 0. The van der Waals surface area contributed by atoms with Gasteiger partial charge in [0, 0.05) is 24.3 Å². The molecular formula is C23H12B3F5NO2. The van der Waals surface area contributed by atoms with Crippen LogP contribution in [0.5, 0.6) is 0 Å². The normalized spacial score (nSPS) is 17.9. The van der Waals surface area contributed by atoms with E-state index in [0.717, 1.165) is 37.6 Å². The summed E-state index contributed by atoms with van der Waals surface area (Å²) in [7, 11) is 12.3. The molecule has 0 N–H and O–H groups in total. The number of rotatable bonds is 4. The second-order valence-corrected chi connectivity index (χ2v) is 7.66. The van der Waals surface area contributed by atoms with Gasteiger partial charge in [-0.1, -0.05) is 23.1 Å². The summed E-state index contributed by atoms with van der Waals surface area (Å²) in [6, 6.07) is 7.59. The van der Waals surface area contributed by atoms with Crippen LogP contribution in [0, 0.1) is 40.4 Å². The minimum Gasteiger partial charge on any atom is -0.349 e. The zero-order chi connectivity index (χ0) is 24.6. The lowest BCUT2D eigenvalue weighted by molar-refractivity contribution is -0.182. The van der Waals surface area contributed by atoms with E-state index in [2.05, 4.69) is 0 Å². The van der Waals surface area contributed by atoms with Crippen LogP contribution < -0.4 is 16.4 Å². The van der Waals surface area contributed by atoms with Crippen molar-refractivity contribution in [2.75, 3.05) is 13.2 Å². The summed E-state index contributed by atoms with van der Waals surface area (Å²) in [6.45, 7) is 0.343. The summed E-state index contributed by atoms with van der Waals surface area (Å²) in [5, 5.41) is 8.82. The fourth-order valence-corrected chi connectivity index (χ4v) is 3.55. The fraction of sp³-hybridized carbons (Fsp3) is 0.174. The Hall–Kier alpha value is -3.09. The fourth-order valence-electron chi connectivity index (χ4n) is 3.55. The molecule has 0 saturated carbocycles. The maximum absolute atomic E-state index is 14.8. The molecule has 5 radical (unpaired) electrons. The molecule has 3 aromatic carbocycles. The highest BCUT2D eigenvalue weighted by atomic mass is 19.1. The predicted octanol–water partition coefficient (Wildman–Crippen LogP) is 2.37. The Balaban J connectivity index is 1.61. The molecule has 0 aliphatic carbocycles. The Morgan fingerprint density at radius 3 is 2.12 bits per heavy atom. The summed E-state index contributed by atoms with van der Waals surface area (Å²) < 4.78 is 82.9. The standard InChI is InChI=1S/C23H12B3F5NO2/c24-11-8-33-23(34-9-11)10-3-18(29)21(19(30)4-10)26-12-1-2-13(16(27)5-12)14-6-17(28)15(7-32)22(31)20(14)25/h1-6,11,23H,8-9H2. The lowest BCUT2D eigenvalue weighted by Gasteiger charge is -2.28. The first-order chi connectivity index (χ1) is 16.2. The second-order valence-electron chi connectivity index (χ2n) is 7.66. The van der Waals surface area contributed by atoms with Gasteiger partial charge in [0.1, 0.15) is 48.6 Å². The van der Waals surface area contributed by atoms with Gasteiger partial charge in [0.15, 0.2) is 13.6 Å². The third-order valence-corrected chi connectivity index (χ3v) is 5.26. The van der Waals surface area contributed by atoms with E-state index in [4.69, 9.17) is 30.4 Å². The van der Waals surface area contributed by atoms with Crippen LogP contribution in [-0.4, -0.2) is 36.2 Å². The maximum Gasteiger partial charge on any atom is 0.199 e. The van der Waals surface area contributed by atoms with E-state index in [1.807, 2.05) is 0 Å². The molecule has 0 unspecified atom stereocenters. The molecule has 3 aromatic rings. The summed E-state index contributed by atoms with van der Waals surface area (Å²) in [5.41, 5.74) is -2.26. The molecule has 0 spiro atoms. The van der Waals surface area contributed by atoms with Gasteiger partial charge < -0.3 is 9.47 Å². The second kappa shape index (κ2) is 9.65. The lowest BCUT2D eigenvalue weighted by atomic mass is 9.63. The van der Waals surface area contributed by atoms with Crippen molar-refractivity contribution in [1.29, 1.82) is 5.26 Å². The van der Waals surface area contributed by atoms with Gasteiger partial charge in [0.2, 0.25) is 0 Å². The van der Waals surface area contributed by atoms with Crippen LogP contribution in [0.25, 0.3) is 11.1 Å². The first-order valence-electron chi connectivity index (χ1n) is 9.99. The van der Waals surface area contributed by atoms with Gasteiger partial charge in [0.25, 0.3) is 0 Å². The average molecular weight is 462 g/mol. The number of hydrogen-bond donors (Lipinski definition) is 0. The predicted molar refractivity (Wildman–Crippen MR) is 117 cm³/mol. The van der Waals surface area contributed by atoms with Crippen LogP contribution in [-0.2, 0) is 9.47 Å². The molecule has 3 nitrogen and oxygen atoms in total. The van der Waals surface area contributed by atoms with Crippen LogP contribution >= 0.6 is 0 Å². The van der Waals surface area contributed by atoms with E-state index < -0.39 is 51.9 Å². The first-order valence-corrected chi connectivity index (χ1v) is 9.99. The third kappa shape index (κ3) is 4.61. The van der Waals surface area contributed by atoms with Gasteiger partial charge in [-0.2, -0.15) is 5.26 Å². The van der Waals surface area contributed by atoms with Gasteiger partial charge in [-0.3, -0.25) is 0 Å².